The molecule has 2 aromatic heterocycles. The Morgan fingerprint density at radius 1 is 1.46 bits per heavy atom. The first-order valence-corrected chi connectivity index (χ1v) is 4.40. The lowest BCUT2D eigenvalue weighted by molar-refractivity contribution is 0.380. The van der Waals surface area contributed by atoms with E-state index >= 15 is 0 Å². The van der Waals surface area contributed by atoms with Crippen LogP contribution < -0.4 is 4.74 Å². The van der Waals surface area contributed by atoms with E-state index in [-0.39, 0.29) is 0 Å². The van der Waals surface area contributed by atoms with Crippen LogP contribution in [0.3, 0.4) is 0 Å². The topological polar surface area (TPSA) is 52.8 Å². The van der Waals surface area contributed by atoms with Gasteiger partial charge in [0.25, 0.3) is 0 Å². The molecule has 0 N–H and O–H groups in total. The van der Waals surface area contributed by atoms with Crippen LogP contribution in [-0.2, 0) is 7.05 Å². The lowest BCUT2D eigenvalue weighted by atomic mass is 10.5. The summed E-state index contributed by atoms with van der Waals surface area (Å²) in [6, 6.07) is 0.336. The van der Waals surface area contributed by atoms with E-state index in [0.717, 1.165) is 11.2 Å². The van der Waals surface area contributed by atoms with Crippen molar-refractivity contribution in [1.29, 1.82) is 0 Å². The predicted octanol–water partition coefficient (Wildman–Crippen LogP) is 1.13. The molecule has 0 saturated heterocycles. The molecule has 13 heavy (non-hydrogen) atoms. The first-order chi connectivity index (χ1) is 6.22. The van der Waals surface area contributed by atoms with Gasteiger partial charge in [-0.2, -0.15) is 9.97 Å². The number of imidazole rings is 1. The zero-order valence-corrected chi connectivity index (χ0v) is 8.74. The number of nitrogens with zero attached hydrogens (tertiary/aromatic N) is 4. The highest BCUT2D eigenvalue weighted by Gasteiger charge is 2.09. The summed E-state index contributed by atoms with van der Waals surface area (Å²) in [5.74, 6) is 0. The first-order valence-electron chi connectivity index (χ1n) is 3.61. The number of rotatable bonds is 1. The van der Waals surface area contributed by atoms with Crippen LogP contribution >= 0.6 is 15.9 Å². The summed E-state index contributed by atoms with van der Waals surface area (Å²) < 4.78 is 7.39. The third kappa shape index (κ3) is 1.27. The Morgan fingerprint density at radius 2 is 2.23 bits per heavy atom. The molecule has 0 radical (unpaired) electrons. The molecule has 0 fully saturated rings. The number of methoxy groups -OCH3 is 1. The van der Waals surface area contributed by atoms with Crippen LogP contribution in [0, 0.1) is 0 Å². The molecule has 0 aromatic carbocycles. The van der Waals surface area contributed by atoms with E-state index in [2.05, 4.69) is 30.9 Å². The zero-order chi connectivity index (χ0) is 9.42. The Hall–Kier alpha value is -1.17. The van der Waals surface area contributed by atoms with Gasteiger partial charge in [0.05, 0.1) is 13.4 Å². The standard InChI is InChI=1S/C7H7BrN4O/c1-12-3-9-4-5(8)10-7(13-2)11-6(4)12/h3H,1-2H3. The van der Waals surface area contributed by atoms with Crippen LogP contribution in [0.4, 0.5) is 0 Å². The summed E-state index contributed by atoms with van der Waals surface area (Å²) >= 11 is 3.29. The van der Waals surface area contributed by atoms with Crippen molar-refractivity contribution < 1.29 is 4.74 Å². The molecule has 0 aliphatic carbocycles. The van der Waals surface area contributed by atoms with Gasteiger partial charge in [-0.3, -0.25) is 0 Å². The number of hydrogen-bond acceptors (Lipinski definition) is 4. The summed E-state index contributed by atoms with van der Waals surface area (Å²) in [4.78, 5) is 12.3. The minimum absolute atomic E-state index is 0.336. The fraction of sp³-hybridized carbons (Fsp3) is 0.286. The Balaban J connectivity index is 2.80. The minimum atomic E-state index is 0.336. The molecule has 0 atom stereocenters. The molecular weight excluding hydrogens is 236 g/mol. The van der Waals surface area contributed by atoms with Crippen LogP contribution in [0.25, 0.3) is 11.2 Å². The maximum Gasteiger partial charge on any atom is 0.319 e. The average Bonchev–Trinajstić information content (AvgIpc) is 2.48. The summed E-state index contributed by atoms with van der Waals surface area (Å²) in [5, 5.41) is 0. The Morgan fingerprint density at radius 3 is 2.92 bits per heavy atom. The van der Waals surface area contributed by atoms with Crippen molar-refractivity contribution in [2.24, 2.45) is 7.05 Å². The van der Waals surface area contributed by atoms with Crippen molar-refractivity contribution in [3.8, 4) is 6.01 Å². The van der Waals surface area contributed by atoms with E-state index in [1.165, 1.54) is 7.11 Å². The van der Waals surface area contributed by atoms with Gasteiger partial charge in [-0.25, -0.2) is 4.98 Å². The summed E-state index contributed by atoms with van der Waals surface area (Å²) in [6.07, 6.45) is 1.68. The maximum atomic E-state index is 4.93. The number of aryl methyl sites for hydroxylation is 1. The fourth-order valence-corrected chi connectivity index (χ4v) is 1.48. The molecule has 68 valence electrons. The molecule has 6 heteroatoms. The molecule has 0 unspecified atom stereocenters. The highest BCUT2D eigenvalue weighted by Crippen LogP contribution is 2.20. The molecule has 0 saturated carbocycles. The van der Waals surface area contributed by atoms with Gasteiger partial charge in [-0.05, 0) is 15.9 Å². The van der Waals surface area contributed by atoms with E-state index in [4.69, 9.17) is 4.74 Å². The van der Waals surface area contributed by atoms with Crippen LogP contribution in [0.15, 0.2) is 10.9 Å². The lowest BCUT2D eigenvalue weighted by Gasteiger charge is -1.99. The number of aromatic nitrogens is 4. The van der Waals surface area contributed by atoms with E-state index in [1.54, 1.807) is 6.33 Å². The Bertz CT molecular complexity index is 453. The third-order valence-corrected chi connectivity index (χ3v) is 2.23. The minimum Gasteiger partial charge on any atom is -0.467 e. The molecule has 5 nitrogen and oxygen atoms in total. The van der Waals surface area contributed by atoms with Crippen LogP contribution in [0.1, 0.15) is 0 Å². The normalized spacial score (nSPS) is 10.7. The van der Waals surface area contributed by atoms with Crippen molar-refractivity contribution in [2.75, 3.05) is 7.11 Å². The quantitative estimate of drug-likeness (QED) is 0.704. The van der Waals surface area contributed by atoms with Gasteiger partial charge in [-0.1, -0.05) is 0 Å². The second-order valence-corrected chi connectivity index (χ2v) is 3.28. The van der Waals surface area contributed by atoms with Crippen LogP contribution in [0.2, 0.25) is 0 Å². The van der Waals surface area contributed by atoms with E-state index < -0.39 is 0 Å². The van der Waals surface area contributed by atoms with Gasteiger partial charge < -0.3 is 9.30 Å². The SMILES string of the molecule is COc1nc(Br)c2ncn(C)c2n1. The van der Waals surface area contributed by atoms with Crippen molar-refractivity contribution in [3.63, 3.8) is 0 Å². The van der Waals surface area contributed by atoms with Gasteiger partial charge in [0.1, 0.15) is 10.1 Å². The van der Waals surface area contributed by atoms with Crippen molar-refractivity contribution in [3.05, 3.63) is 10.9 Å². The lowest BCUT2D eigenvalue weighted by Crippen LogP contribution is -1.95. The van der Waals surface area contributed by atoms with Crippen LogP contribution in [0.5, 0.6) is 6.01 Å². The predicted molar refractivity (Wildman–Crippen MR) is 50.6 cm³/mol. The third-order valence-electron chi connectivity index (χ3n) is 1.68. The Kier molecular flexibility index (Phi) is 1.91. The number of hydrogen-bond donors (Lipinski definition) is 0. The highest BCUT2D eigenvalue weighted by atomic mass is 79.9. The van der Waals surface area contributed by atoms with E-state index in [1.807, 2.05) is 11.6 Å². The molecule has 2 heterocycles. The first kappa shape index (κ1) is 8.43. The van der Waals surface area contributed by atoms with Gasteiger partial charge in [-0.15, -0.1) is 0 Å². The molecule has 2 aromatic rings. The van der Waals surface area contributed by atoms with Gasteiger partial charge in [0.2, 0.25) is 0 Å². The van der Waals surface area contributed by atoms with Crippen molar-refractivity contribution >= 4 is 27.1 Å². The molecule has 0 bridgehead atoms. The average molecular weight is 243 g/mol. The van der Waals surface area contributed by atoms with Crippen molar-refractivity contribution in [2.45, 2.75) is 0 Å². The molecule has 0 aliphatic heterocycles. The summed E-state index contributed by atoms with van der Waals surface area (Å²) in [7, 11) is 3.40. The molecule has 2 rings (SSSR count). The molecule has 0 spiro atoms. The zero-order valence-electron chi connectivity index (χ0n) is 7.15. The van der Waals surface area contributed by atoms with Gasteiger partial charge in [0, 0.05) is 7.05 Å². The van der Waals surface area contributed by atoms with E-state index in [0.29, 0.717) is 10.6 Å². The molecule has 0 aliphatic rings. The molecular formula is C7H7BrN4O. The largest absolute Gasteiger partial charge is 0.467 e. The second kappa shape index (κ2) is 2.95. The fourth-order valence-electron chi connectivity index (χ4n) is 1.04. The highest BCUT2D eigenvalue weighted by molar-refractivity contribution is 9.10. The molecule has 0 amide bonds. The number of ether oxygens (including phenoxy) is 1. The Labute approximate surface area is 82.9 Å². The number of halogens is 1. The maximum absolute atomic E-state index is 4.93. The van der Waals surface area contributed by atoms with Crippen molar-refractivity contribution in [1.82, 2.24) is 19.5 Å². The van der Waals surface area contributed by atoms with Crippen LogP contribution in [-0.4, -0.2) is 26.6 Å². The van der Waals surface area contributed by atoms with Gasteiger partial charge >= 0.3 is 6.01 Å². The summed E-state index contributed by atoms with van der Waals surface area (Å²) in [6.45, 7) is 0. The number of fused-ring (bicyclic) bond motifs is 1. The smallest absolute Gasteiger partial charge is 0.319 e. The van der Waals surface area contributed by atoms with Gasteiger partial charge in [0.15, 0.2) is 5.65 Å². The monoisotopic (exact) mass is 242 g/mol. The van der Waals surface area contributed by atoms with E-state index in [9.17, 15) is 0 Å². The summed E-state index contributed by atoms with van der Waals surface area (Å²) in [5.41, 5.74) is 1.49. The second-order valence-electron chi connectivity index (χ2n) is 2.53.